The molecule has 0 saturated carbocycles. The molecule has 1 aliphatic rings. The zero-order valence-electron chi connectivity index (χ0n) is 23.7. The number of amides is 1. The molecule has 1 unspecified atom stereocenters. The summed E-state index contributed by atoms with van der Waals surface area (Å²) in [7, 11) is 0. The molecular weight excluding hydrogens is 506 g/mol. The lowest BCUT2D eigenvalue weighted by Crippen LogP contribution is -2.29. The van der Waals surface area contributed by atoms with Gasteiger partial charge in [0.25, 0.3) is 11.7 Å². The molecule has 4 rings (SSSR count). The van der Waals surface area contributed by atoms with Gasteiger partial charge in [0, 0.05) is 11.3 Å². The first-order valence-electron chi connectivity index (χ1n) is 13.5. The summed E-state index contributed by atoms with van der Waals surface area (Å²) in [5.74, 6) is -1.60. The SMILES string of the molecule is CCOc1ccc(/C(O)=C2/C(=O)C(=O)N(c3cccc(C(=O)OC(C)C)c3)C2c2cccc(C)c2)cc1C(C)C. The Morgan fingerprint density at radius 2 is 1.68 bits per heavy atom. The van der Waals surface area contributed by atoms with E-state index in [9.17, 15) is 19.5 Å². The molecule has 0 aliphatic carbocycles. The molecule has 0 bridgehead atoms. The zero-order chi connectivity index (χ0) is 29.1. The highest BCUT2D eigenvalue weighted by Crippen LogP contribution is 2.43. The van der Waals surface area contributed by atoms with Crippen LogP contribution in [0.4, 0.5) is 5.69 Å². The zero-order valence-corrected chi connectivity index (χ0v) is 23.7. The molecule has 1 fully saturated rings. The van der Waals surface area contributed by atoms with Gasteiger partial charge in [-0.2, -0.15) is 0 Å². The summed E-state index contributed by atoms with van der Waals surface area (Å²) in [5.41, 5.74) is 3.46. The van der Waals surface area contributed by atoms with Gasteiger partial charge in [-0.1, -0.05) is 49.7 Å². The molecule has 1 aliphatic heterocycles. The van der Waals surface area contributed by atoms with Crippen molar-refractivity contribution in [1.29, 1.82) is 0 Å². The van der Waals surface area contributed by atoms with Crippen LogP contribution in [0, 0.1) is 6.92 Å². The van der Waals surface area contributed by atoms with Crippen LogP contribution >= 0.6 is 0 Å². The van der Waals surface area contributed by atoms with Crippen LogP contribution < -0.4 is 9.64 Å². The van der Waals surface area contributed by atoms with Crippen molar-refractivity contribution in [1.82, 2.24) is 0 Å². The van der Waals surface area contributed by atoms with Crippen molar-refractivity contribution in [2.75, 3.05) is 11.5 Å². The van der Waals surface area contributed by atoms with Crippen molar-refractivity contribution < 1.29 is 29.0 Å². The Kier molecular flexibility index (Phi) is 8.43. The number of anilines is 1. The van der Waals surface area contributed by atoms with Crippen LogP contribution in [0.15, 0.2) is 72.3 Å². The van der Waals surface area contributed by atoms with E-state index in [0.29, 0.717) is 29.2 Å². The molecule has 40 heavy (non-hydrogen) atoms. The van der Waals surface area contributed by atoms with E-state index in [0.717, 1.165) is 11.1 Å². The van der Waals surface area contributed by atoms with E-state index >= 15 is 0 Å². The maximum absolute atomic E-state index is 13.6. The fourth-order valence-electron chi connectivity index (χ4n) is 4.91. The molecule has 0 radical (unpaired) electrons. The van der Waals surface area contributed by atoms with Gasteiger partial charge in [0.1, 0.15) is 11.5 Å². The Labute approximate surface area is 235 Å². The Balaban J connectivity index is 1.91. The third-order valence-electron chi connectivity index (χ3n) is 6.71. The average molecular weight is 542 g/mol. The quantitative estimate of drug-likeness (QED) is 0.147. The highest BCUT2D eigenvalue weighted by atomic mass is 16.5. The summed E-state index contributed by atoms with van der Waals surface area (Å²) in [6.07, 6.45) is -0.317. The molecule has 0 spiro atoms. The first-order valence-corrected chi connectivity index (χ1v) is 13.5. The van der Waals surface area contributed by atoms with Gasteiger partial charge in [0.05, 0.1) is 29.9 Å². The third kappa shape index (κ3) is 5.64. The minimum Gasteiger partial charge on any atom is -0.507 e. The molecule has 1 N–H and O–H groups in total. The standard InChI is InChI=1S/C33H35NO6/c1-7-39-27-15-14-23(18-26(27)19(2)3)30(35)28-29(22-11-8-10-21(6)16-22)34(32(37)31(28)36)25-13-9-12-24(17-25)33(38)40-20(4)5/h8-20,29,35H,7H2,1-6H3/b30-28-. The number of ether oxygens (including phenoxy) is 2. The fraction of sp³-hybridized carbons (Fsp3) is 0.303. The maximum Gasteiger partial charge on any atom is 0.338 e. The maximum atomic E-state index is 13.6. The van der Waals surface area contributed by atoms with Gasteiger partial charge in [0.15, 0.2) is 0 Å². The lowest BCUT2D eigenvalue weighted by molar-refractivity contribution is -0.132. The Morgan fingerprint density at radius 3 is 2.33 bits per heavy atom. The van der Waals surface area contributed by atoms with Crippen molar-refractivity contribution in [3.63, 3.8) is 0 Å². The van der Waals surface area contributed by atoms with Gasteiger partial charge in [0.2, 0.25) is 0 Å². The number of aryl methyl sites for hydroxylation is 1. The van der Waals surface area contributed by atoms with Crippen LogP contribution in [0.5, 0.6) is 5.75 Å². The second kappa shape index (κ2) is 11.8. The van der Waals surface area contributed by atoms with Crippen molar-refractivity contribution >= 4 is 29.1 Å². The number of rotatable bonds is 8. The second-order valence-electron chi connectivity index (χ2n) is 10.4. The number of carbonyl (C=O) groups excluding carboxylic acids is 3. The summed E-state index contributed by atoms with van der Waals surface area (Å²) < 4.78 is 11.1. The number of Topliss-reactive ketones (excluding diaryl/α,β-unsaturated/α-hetero) is 1. The van der Waals surface area contributed by atoms with Crippen molar-refractivity contribution in [3.05, 3.63) is 100 Å². The Morgan fingerprint density at radius 1 is 0.950 bits per heavy atom. The van der Waals surface area contributed by atoms with E-state index in [1.54, 1.807) is 50.2 Å². The van der Waals surface area contributed by atoms with Crippen LogP contribution in [0.2, 0.25) is 0 Å². The van der Waals surface area contributed by atoms with E-state index in [1.165, 1.54) is 11.0 Å². The monoisotopic (exact) mass is 541 g/mol. The molecule has 7 heteroatoms. The topological polar surface area (TPSA) is 93.1 Å². The second-order valence-corrected chi connectivity index (χ2v) is 10.4. The van der Waals surface area contributed by atoms with Gasteiger partial charge in [-0.25, -0.2) is 4.79 Å². The van der Waals surface area contributed by atoms with Gasteiger partial charge < -0.3 is 14.6 Å². The van der Waals surface area contributed by atoms with E-state index in [4.69, 9.17) is 9.47 Å². The van der Waals surface area contributed by atoms with Gasteiger partial charge in [-0.05, 0) is 81.1 Å². The number of aliphatic hydroxyl groups excluding tert-OH is 1. The first-order chi connectivity index (χ1) is 19.0. The largest absolute Gasteiger partial charge is 0.507 e. The van der Waals surface area contributed by atoms with E-state index in [1.807, 2.05) is 52.0 Å². The molecule has 208 valence electrons. The van der Waals surface area contributed by atoms with Crippen molar-refractivity contribution in [2.45, 2.75) is 59.6 Å². The predicted molar refractivity (Wildman–Crippen MR) is 155 cm³/mol. The molecule has 3 aromatic carbocycles. The molecule has 0 aromatic heterocycles. The van der Waals surface area contributed by atoms with Gasteiger partial charge >= 0.3 is 5.97 Å². The lowest BCUT2D eigenvalue weighted by Gasteiger charge is -2.26. The fourth-order valence-corrected chi connectivity index (χ4v) is 4.91. The average Bonchev–Trinajstić information content (AvgIpc) is 3.18. The first kappa shape index (κ1) is 28.6. The lowest BCUT2D eigenvalue weighted by atomic mass is 9.92. The van der Waals surface area contributed by atoms with Crippen LogP contribution in [0.1, 0.15) is 79.2 Å². The Bertz CT molecular complexity index is 1490. The minimum atomic E-state index is -0.912. The summed E-state index contributed by atoms with van der Waals surface area (Å²) in [6.45, 7) is 11.9. The molecule has 7 nitrogen and oxygen atoms in total. The normalized spacial score (nSPS) is 16.6. The van der Waals surface area contributed by atoms with Crippen molar-refractivity contribution in [2.24, 2.45) is 0 Å². The van der Waals surface area contributed by atoms with Gasteiger partial charge in [-0.3, -0.25) is 14.5 Å². The molecular formula is C33H35NO6. The third-order valence-corrected chi connectivity index (χ3v) is 6.71. The summed E-state index contributed by atoms with van der Waals surface area (Å²) in [4.78, 5) is 41.2. The van der Waals surface area contributed by atoms with Crippen LogP contribution in [-0.4, -0.2) is 35.5 Å². The number of carbonyl (C=O) groups is 3. The Hall–Kier alpha value is -4.39. The van der Waals surface area contributed by atoms with Crippen LogP contribution in [0.3, 0.4) is 0 Å². The molecule has 1 amide bonds. The molecule has 3 aromatic rings. The molecule has 1 heterocycles. The van der Waals surface area contributed by atoms with E-state index in [2.05, 4.69) is 0 Å². The van der Waals surface area contributed by atoms with Crippen LogP contribution in [0.25, 0.3) is 5.76 Å². The highest BCUT2D eigenvalue weighted by molar-refractivity contribution is 6.51. The molecule has 1 atom stereocenters. The van der Waals surface area contributed by atoms with E-state index < -0.39 is 23.7 Å². The van der Waals surface area contributed by atoms with Gasteiger partial charge in [-0.15, -0.1) is 0 Å². The summed E-state index contributed by atoms with van der Waals surface area (Å²) in [6, 6.07) is 18.2. The predicted octanol–water partition coefficient (Wildman–Crippen LogP) is 6.71. The summed E-state index contributed by atoms with van der Waals surface area (Å²) >= 11 is 0. The highest BCUT2D eigenvalue weighted by Gasteiger charge is 2.47. The van der Waals surface area contributed by atoms with Crippen LogP contribution in [-0.2, 0) is 14.3 Å². The van der Waals surface area contributed by atoms with E-state index in [-0.39, 0.29) is 28.9 Å². The number of nitrogens with zero attached hydrogens (tertiary/aromatic N) is 1. The van der Waals surface area contributed by atoms with Crippen molar-refractivity contribution in [3.8, 4) is 5.75 Å². The number of hydrogen-bond acceptors (Lipinski definition) is 6. The molecule has 1 saturated heterocycles. The number of hydrogen-bond donors (Lipinski definition) is 1. The number of esters is 1. The summed E-state index contributed by atoms with van der Waals surface area (Å²) in [5, 5.41) is 11.6. The number of benzene rings is 3. The number of ketones is 1. The minimum absolute atomic E-state index is 0.0235. The number of aliphatic hydroxyl groups is 1. The smallest absolute Gasteiger partial charge is 0.338 e.